The standard InChI is InChI=1S/C10H13NO3S2/c12-5-7(13)4-11-9(14)6-16-10(11)8-2-1-3-15-8/h1-3,7,10,12-13H,4-6H2/t7-,10?/m0/s1. The van der Waals surface area contributed by atoms with Crippen molar-refractivity contribution in [1.82, 2.24) is 4.90 Å². The van der Waals surface area contributed by atoms with Crippen LogP contribution in [0.4, 0.5) is 0 Å². The normalized spacial score (nSPS) is 22.8. The van der Waals surface area contributed by atoms with E-state index in [0.29, 0.717) is 5.75 Å². The fraction of sp³-hybridized carbons (Fsp3) is 0.500. The van der Waals surface area contributed by atoms with Gasteiger partial charge in [-0.05, 0) is 11.4 Å². The lowest BCUT2D eigenvalue weighted by Crippen LogP contribution is -2.36. The van der Waals surface area contributed by atoms with Crippen molar-refractivity contribution in [2.45, 2.75) is 11.5 Å². The molecular formula is C10H13NO3S2. The molecular weight excluding hydrogens is 246 g/mol. The quantitative estimate of drug-likeness (QED) is 0.834. The number of β-amino-alcohol motifs (C(OH)–C–C–N with tert-alkyl or cyclic N) is 1. The van der Waals surface area contributed by atoms with Crippen molar-refractivity contribution >= 4 is 29.0 Å². The molecule has 0 radical (unpaired) electrons. The van der Waals surface area contributed by atoms with Gasteiger partial charge in [-0.1, -0.05) is 6.07 Å². The second-order valence-corrected chi connectivity index (χ2v) is 5.61. The minimum Gasteiger partial charge on any atom is -0.394 e. The Hall–Kier alpha value is -0.560. The minimum atomic E-state index is -0.856. The Kier molecular flexibility index (Phi) is 3.86. The van der Waals surface area contributed by atoms with Gasteiger partial charge in [-0.25, -0.2) is 0 Å². The van der Waals surface area contributed by atoms with Crippen LogP contribution in [0.2, 0.25) is 0 Å². The van der Waals surface area contributed by atoms with Crippen molar-refractivity contribution in [2.24, 2.45) is 0 Å². The fourth-order valence-electron chi connectivity index (χ4n) is 1.60. The summed E-state index contributed by atoms with van der Waals surface area (Å²) in [4.78, 5) is 14.4. The van der Waals surface area contributed by atoms with Crippen molar-refractivity contribution in [2.75, 3.05) is 18.9 Å². The van der Waals surface area contributed by atoms with Crippen LogP contribution in [0.1, 0.15) is 10.3 Å². The maximum atomic E-state index is 11.6. The third-order valence-electron chi connectivity index (χ3n) is 2.37. The van der Waals surface area contributed by atoms with Crippen molar-refractivity contribution in [3.8, 4) is 0 Å². The van der Waals surface area contributed by atoms with Gasteiger partial charge in [-0.2, -0.15) is 0 Å². The number of nitrogens with zero attached hydrogens (tertiary/aromatic N) is 1. The first-order valence-corrected chi connectivity index (χ1v) is 6.88. The summed E-state index contributed by atoms with van der Waals surface area (Å²) in [5, 5.41) is 20.2. The van der Waals surface area contributed by atoms with Crippen molar-refractivity contribution < 1.29 is 15.0 Å². The zero-order valence-corrected chi connectivity index (χ0v) is 10.2. The first kappa shape index (κ1) is 11.9. The molecule has 1 aliphatic heterocycles. The largest absolute Gasteiger partial charge is 0.394 e. The summed E-state index contributed by atoms with van der Waals surface area (Å²) in [7, 11) is 0. The molecule has 1 aliphatic rings. The van der Waals surface area contributed by atoms with Crippen LogP contribution in [0.15, 0.2) is 17.5 Å². The van der Waals surface area contributed by atoms with Crippen LogP contribution in [0.25, 0.3) is 0 Å². The second kappa shape index (κ2) is 5.18. The maximum Gasteiger partial charge on any atom is 0.233 e. The molecule has 0 bridgehead atoms. The summed E-state index contributed by atoms with van der Waals surface area (Å²) in [6.07, 6.45) is -0.856. The average molecular weight is 259 g/mol. The Morgan fingerprint density at radius 3 is 3.06 bits per heavy atom. The summed E-state index contributed by atoms with van der Waals surface area (Å²) in [6, 6.07) is 3.93. The van der Waals surface area contributed by atoms with Gasteiger partial charge in [0.2, 0.25) is 5.91 Å². The topological polar surface area (TPSA) is 60.8 Å². The molecule has 0 spiro atoms. The summed E-state index contributed by atoms with van der Waals surface area (Å²) in [5.74, 6) is 0.469. The van der Waals surface area contributed by atoms with Gasteiger partial charge in [-0.15, -0.1) is 23.1 Å². The van der Waals surface area contributed by atoms with E-state index in [1.54, 1.807) is 28.0 Å². The maximum absolute atomic E-state index is 11.6. The third kappa shape index (κ3) is 2.40. The first-order valence-electron chi connectivity index (χ1n) is 4.95. The molecule has 2 atom stereocenters. The van der Waals surface area contributed by atoms with Crippen LogP contribution >= 0.6 is 23.1 Å². The lowest BCUT2D eigenvalue weighted by Gasteiger charge is -2.24. The second-order valence-electron chi connectivity index (χ2n) is 3.56. The lowest BCUT2D eigenvalue weighted by molar-refractivity contribution is -0.129. The zero-order chi connectivity index (χ0) is 11.5. The van der Waals surface area contributed by atoms with Gasteiger partial charge in [0, 0.05) is 4.88 Å². The number of rotatable bonds is 4. The third-order valence-corrected chi connectivity index (χ3v) is 4.68. The molecule has 0 aliphatic carbocycles. The minimum absolute atomic E-state index is 0.00583. The molecule has 1 aromatic heterocycles. The van der Waals surface area contributed by atoms with E-state index in [9.17, 15) is 9.90 Å². The van der Waals surface area contributed by atoms with Crippen LogP contribution in [-0.2, 0) is 4.79 Å². The highest BCUT2D eigenvalue weighted by atomic mass is 32.2. The van der Waals surface area contributed by atoms with E-state index in [1.807, 2.05) is 17.5 Å². The molecule has 1 fully saturated rings. The van der Waals surface area contributed by atoms with E-state index in [2.05, 4.69) is 0 Å². The van der Waals surface area contributed by atoms with Crippen LogP contribution < -0.4 is 0 Å². The summed E-state index contributed by atoms with van der Waals surface area (Å²) in [6.45, 7) is -0.115. The number of carbonyl (C=O) groups is 1. The molecule has 6 heteroatoms. The molecule has 1 saturated heterocycles. The molecule has 88 valence electrons. The molecule has 1 amide bonds. The van der Waals surface area contributed by atoms with E-state index in [1.165, 1.54) is 0 Å². The number of thioether (sulfide) groups is 1. The van der Waals surface area contributed by atoms with Gasteiger partial charge in [0.05, 0.1) is 25.0 Å². The molecule has 4 nitrogen and oxygen atoms in total. The highest BCUT2D eigenvalue weighted by molar-refractivity contribution is 8.00. The predicted molar refractivity (Wildman–Crippen MR) is 64.3 cm³/mol. The molecule has 1 aromatic rings. The smallest absolute Gasteiger partial charge is 0.233 e. The Morgan fingerprint density at radius 2 is 2.44 bits per heavy atom. The predicted octanol–water partition coefficient (Wildman–Crippen LogP) is 0.675. The van der Waals surface area contributed by atoms with E-state index in [-0.39, 0.29) is 24.4 Å². The molecule has 2 rings (SSSR count). The first-order chi connectivity index (χ1) is 7.72. The summed E-state index contributed by atoms with van der Waals surface area (Å²) in [5.41, 5.74) is 0. The number of hydrogen-bond donors (Lipinski definition) is 2. The fourth-order valence-corrected chi connectivity index (χ4v) is 3.78. The van der Waals surface area contributed by atoms with Crippen molar-refractivity contribution in [3.63, 3.8) is 0 Å². The van der Waals surface area contributed by atoms with E-state index >= 15 is 0 Å². The SMILES string of the molecule is O=C1CSC(c2cccs2)N1C[C@H](O)CO. The van der Waals surface area contributed by atoms with Gasteiger partial charge < -0.3 is 15.1 Å². The molecule has 0 saturated carbocycles. The number of carbonyl (C=O) groups excluding carboxylic acids is 1. The van der Waals surface area contributed by atoms with Crippen molar-refractivity contribution in [3.05, 3.63) is 22.4 Å². The molecule has 2 heterocycles. The number of hydrogen-bond acceptors (Lipinski definition) is 5. The Labute approximate surface area is 102 Å². The number of aliphatic hydroxyl groups excluding tert-OH is 2. The van der Waals surface area contributed by atoms with E-state index in [4.69, 9.17) is 5.11 Å². The summed E-state index contributed by atoms with van der Waals surface area (Å²) < 4.78 is 0. The van der Waals surface area contributed by atoms with Crippen LogP contribution in [-0.4, -0.2) is 46.0 Å². The highest BCUT2D eigenvalue weighted by Gasteiger charge is 2.34. The van der Waals surface area contributed by atoms with Crippen LogP contribution in [0.5, 0.6) is 0 Å². The van der Waals surface area contributed by atoms with Crippen LogP contribution in [0, 0.1) is 0 Å². The Bertz CT molecular complexity index is 355. The van der Waals surface area contributed by atoms with Crippen LogP contribution in [0.3, 0.4) is 0 Å². The van der Waals surface area contributed by atoms with Gasteiger partial charge in [0.25, 0.3) is 0 Å². The Balaban J connectivity index is 2.10. The molecule has 2 N–H and O–H groups in total. The molecule has 0 aromatic carbocycles. The summed E-state index contributed by atoms with van der Waals surface area (Å²) >= 11 is 3.16. The number of aliphatic hydroxyl groups is 2. The molecule has 16 heavy (non-hydrogen) atoms. The van der Waals surface area contributed by atoms with Gasteiger partial charge in [0.1, 0.15) is 5.37 Å². The zero-order valence-electron chi connectivity index (χ0n) is 8.57. The van der Waals surface area contributed by atoms with E-state index < -0.39 is 6.10 Å². The van der Waals surface area contributed by atoms with Gasteiger partial charge >= 0.3 is 0 Å². The van der Waals surface area contributed by atoms with Crippen molar-refractivity contribution in [1.29, 1.82) is 0 Å². The molecule has 1 unspecified atom stereocenters. The van der Waals surface area contributed by atoms with Gasteiger partial charge in [-0.3, -0.25) is 4.79 Å². The number of thiophene rings is 1. The number of amides is 1. The monoisotopic (exact) mass is 259 g/mol. The Morgan fingerprint density at radius 1 is 1.62 bits per heavy atom. The van der Waals surface area contributed by atoms with E-state index in [0.717, 1.165) is 4.88 Å². The lowest BCUT2D eigenvalue weighted by atomic mass is 10.3. The van der Waals surface area contributed by atoms with Gasteiger partial charge in [0.15, 0.2) is 0 Å². The average Bonchev–Trinajstić information content (AvgIpc) is 2.89. The highest BCUT2D eigenvalue weighted by Crippen LogP contribution is 2.40.